The minimum absolute atomic E-state index is 0.223. The lowest BCUT2D eigenvalue weighted by Crippen LogP contribution is -2.38. The minimum Gasteiger partial charge on any atom is -0.349 e. The van der Waals surface area contributed by atoms with Crippen LogP contribution in [0, 0.1) is 11.7 Å². The van der Waals surface area contributed by atoms with Gasteiger partial charge < -0.3 is 14.8 Å². The molecular weight excluding hydrogens is 305 g/mol. The number of hydrogen-bond donors (Lipinski definition) is 1. The Balaban J connectivity index is 1.96. The lowest BCUT2D eigenvalue weighted by molar-refractivity contribution is 0.466. The standard InChI is InChI=1S/C18H26FN5/c1-14(2)12-24-9-8-21-17(24)11-22-18(20-3)23(4)13-15-6-5-7-16(19)10-15/h5-10,14H,11-13H2,1-4H3,(H,20,22). The molecule has 0 saturated heterocycles. The second kappa shape index (κ2) is 8.47. The van der Waals surface area contributed by atoms with Crippen LogP contribution in [0.2, 0.25) is 0 Å². The van der Waals surface area contributed by atoms with Gasteiger partial charge in [0.15, 0.2) is 5.96 Å². The normalized spacial score (nSPS) is 11.8. The van der Waals surface area contributed by atoms with Crippen molar-refractivity contribution in [2.45, 2.75) is 33.5 Å². The average Bonchev–Trinajstić information content (AvgIpc) is 2.94. The number of benzene rings is 1. The first-order valence-electron chi connectivity index (χ1n) is 8.15. The number of hydrogen-bond acceptors (Lipinski definition) is 2. The Morgan fingerprint density at radius 1 is 1.42 bits per heavy atom. The van der Waals surface area contributed by atoms with E-state index in [4.69, 9.17) is 0 Å². The molecule has 0 spiro atoms. The van der Waals surface area contributed by atoms with Crippen LogP contribution in [0.3, 0.4) is 0 Å². The fourth-order valence-corrected chi connectivity index (χ4v) is 2.59. The molecule has 0 fully saturated rings. The van der Waals surface area contributed by atoms with Crippen molar-refractivity contribution in [1.29, 1.82) is 0 Å². The summed E-state index contributed by atoms with van der Waals surface area (Å²) in [5.41, 5.74) is 0.904. The summed E-state index contributed by atoms with van der Waals surface area (Å²) in [5.74, 6) is 2.06. The second-order valence-corrected chi connectivity index (χ2v) is 6.28. The van der Waals surface area contributed by atoms with E-state index in [1.165, 1.54) is 6.07 Å². The minimum atomic E-state index is -0.223. The molecule has 1 aromatic carbocycles. The summed E-state index contributed by atoms with van der Waals surface area (Å²) in [6, 6.07) is 6.61. The Bertz CT molecular complexity index is 678. The molecule has 1 N–H and O–H groups in total. The summed E-state index contributed by atoms with van der Waals surface area (Å²) in [7, 11) is 3.67. The summed E-state index contributed by atoms with van der Waals surface area (Å²) in [5, 5.41) is 3.32. The number of imidazole rings is 1. The highest BCUT2D eigenvalue weighted by Crippen LogP contribution is 2.07. The topological polar surface area (TPSA) is 45.5 Å². The summed E-state index contributed by atoms with van der Waals surface area (Å²) >= 11 is 0. The maximum absolute atomic E-state index is 13.3. The quantitative estimate of drug-likeness (QED) is 0.654. The van der Waals surface area contributed by atoms with Crippen LogP contribution in [0.4, 0.5) is 4.39 Å². The van der Waals surface area contributed by atoms with E-state index < -0.39 is 0 Å². The van der Waals surface area contributed by atoms with Gasteiger partial charge in [-0.2, -0.15) is 0 Å². The molecule has 0 atom stereocenters. The van der Waals surface area contributed by atoms with E-state index in [1.54, 1.807) is 19.2 Å². The molecule has 130 valence electrons. The molecule has 2 rings (SSSR count). The van der Waals surface area contributed by atoms with Gasteiger partial charge in [0, 0.05) is 39.6 Å². The van der Waals surface area contributed by atoms with Crippen molar-refractivity contribution in [1.82, 2.24) is 19.8 Å². The zero-order valence-electron chi connectivity index (χ0n) is 14.8. The van der Waals surface area contributed by atoms with Gasteiger partial charge in [-0.15, -0.1) is 0 Å². The first-order valence-corrected chi connectivity index (χ1v) is 8.15. The van der Waals surface area contributed by atoms with Crippen LogP contribution in [0.25, 0.3) is 0 Å². The third kappa shape index (κ3) is 5.08. The van der Waals surface area contributed by atoms with Crippen molar-refractivity contribution in [3.63, 3.8) is 0 Å². The van der Waals surface area contributed by atoms with Crippen LogP contribution in [0.5, 0.6) is 0 Å². The zero-order valence-corrected chi connectivity index (χ0v) is 14.8. The molecule has 6 heteroatoms. The van der Waals surface area contributed by atoms with Crippen LogP contribution in [-0.2, 0) is 19.6 Å². The number of aromatic nitrogens is 2. The first-order chi connectivity index (χ1) is 11.5. The highest BCUT2D eigenvalue weighted by Gasteiger charge is 2.10. The highest BCUT2D eigenvalue weighted by atomic mass is 19.1. The van der Waals surface area contributed by atoms with Crippen molar-refractivity contribution in [2.75, 3.05) is 14.1 Å². The zero-order chi connectivity index (χ0) is 17.5. The van der Waals surface area contributed by atoms with Gasteiger partial charge in [0.1, 0.15) is 11.6 Å². The van der Waals surface area contributed by atoms with E-state index in [0.29, 0.717) is 19.0 Å². The van der Waals surface area contributed by atoms with Crippen LogP contribution in [0.1, 0.15) is 25.2 Å². The van der Waals surface area contributed by atoms with E-state index in [1.807, 2.05) is 30.4 Å². The number of rotatable bonds is 6. The van der Waals surface area contributed by atoms with Gasteiger partial charge in [0.2, 0.25) is 0 Å². The predicted molar refractivity (Wildman–Crippen MR) is 95.1 cm³/mol. The maximum atomic E-state index is 13.3. The van der Waals surface area contributed by atoms with Crippen LogP contribution in [-0.4, -0.2) is 34.5 Å². The molecule has 0 saturated carbocycles. The van der Waals surface area contributed by atoms with Gasteiger partial charge in [0.05, 0.1) is 6.54 Å². The predicted octanol–water partition coefficient (Wildman–Crippen LogP) is 2.89. The van der Waals surface area contributed by atoms with Crippen LogP contribution >= 0.6 is 0 Å². The summed E-state index contributed by atoms with van der Waals surface area (Å²) in [6.07, 6.45) is 3.81. The molecule has 1 aromatic heterocycles. The van der Waals surface area contributed by atoms with E-state index in [9.17, 15) is 4.39 Å². The van der Waals surface area contributed by atoms with E-state index in [-0.39, 0.29) is 5.82 Å². The molecule has 5 nitrogen and oxygen atoms in total. The maximum Gasteiger partial charge on any atom is 0.194 e. The molecule has 2 aromatic rings. The molecule has 0 aliphatic heterocycles. The van der Waals surface area contributed by atoms with Gasteiger partial charge in [-0.05, 0) is 23.6 Å². The number of nitrogens with one attached hydrogen (secondary N) is 1. The molecule has 0 aliphatic carbocycles. The fourth-order valence-electron chi connectivity index (χ4n) is 2.59. The van der Waals surface area contributed by atoms with Crippen molar-refractivity contribution in [3.05, 3.63) is 53.9 Å². The highest BCUT2D eigenvalue weighted by molar-refractivity contribution is 5.79. The Kier molecular flexibility index (Phi) is 6.35. The lowest BCUT2D eigenvalue weighted by Gasteiger charge is -2.22. The third-order valence-electron chi connectivity index (χ3n) is 3.65. The molecule has 0 bridgehead atoms. The van der Waals surface area contributed by atoms with Gasteiger partial charge in [-0.25, -0.2) is 9.37 Å². The average molecular weight is 331 g/mol. The molecule has 0 amide bonds. The number of halogens is 1. The molecule has 1 heterocycles. The number of guanidine groups is 1. The largest absolute Gasteiger partial charge is 0.349 e. The smallest absolute Gasteiger partial charge is 0.194 e. The summed E-state index contributed by atoms with van der Waals surface area (Å²) < 4.78 is 15.5. The second-order valence-electron chi connectivity index (χ2n) is 6.28. The Morgan fingerprint density at radius 2 is 2.21 bits per heavy atom. The van der Waals surface area contributed by atoms with Gasteiger partial charge >= 0.3 is 0 Å². The number of nitrogens with zero attached hydrogens (tertiary/aromatic N) is 4. The van der Waals surface area contributed by atoms with Gasteiger partial charge in [-0.1, -0.05) is 26.0 Å². The molecule has 0 aliphatic rings. The fraction of sp³-hybridized carbons (Fsp3) is 0.444. The van der Waals surface area contributed by atoms with Crippen molar-refractivity contribution in [2.24, 2.45) is 10.9 Å². The van der Waals surface area contributed by atoms with Crippen LogP contribution < -0.4 is 5.32 Å². The molecule has 24 heavy (non-hydrogen) atoms. The SMILES string of the molecule is CN=C(NCc1nccn1CC(C)C)N(C)Cc1cccc(F)c1. The van der Waals surface area contributed by atoms with Gasteiger partial charge in [-0.3, -0.25) is 4.99 Å². The lowest BCUT2D eigenvalue weighted by atomic mass is 10.2. The summed E-state index contributed by atoms with van der Waals surface area (Å²) in [6.45, 7) is 6.48. The van der Waals surface area contributed by atoms with E-state index in [2.05, 4.69) is 33.7 Å². The Morgan fingerprint density at radius 3 is 2.88 bits per heavy atom. The number of aliphatic imine (C=N–C) groups is 1. The Hall–Kier alpha value is -2.37. The molecule has 0 radical (unpaired) electrons. The van der Waals surface area contributed by atoms with Gasteiger partial charge in [0.25, 0.3) is 0 Å². The van der Waals surface area contributed by atoms with E-state index in [0.717, 1.165) is 23.9 Å². The van der Waals surface area contributed by atoms with Crippen molar-refractivity contribution in [3.8, 4) is 0 Å². The van der Waals surface area contributed by atoms with Crippen molar-refractivity contribution < 1.29 is 4.39 Å². The van der Waals surface area contributed by atoms with Crippen molar-refractivity contribution >= 4 is 5.96 Å². The Labute approximate surface area is 143 Å². The molecule has 0 unspecified atom stereocenters. The third-order valence-corrected chi connectivity index (χ3v) is 3.65. The monoisotopic (exact) mass is 331 g/mol. The summed E-state index contributed by atoms with van der Waals surface area (Å²) in [4.78, 5) is 10.7. The van der Waals surface area contributed by atoms with E-state index >= 15 is 0 Å². The van der Waals surface area contributed by atoms with Crippen LogP contribution in [0.15, 0.2) is 41.7 Å². The molecular formula is C18H26FN5. The first kappa shape index (κ1) is 18.0.